The molecule has 3 rings (SSSR count). The van der Waals surface area contributed by atoms with Crippen LogP contribution in [-0.4, -0.2) is 64.5 Å². The summed E-state index contributed by atoms with van der Waals surface area (Å²) < 4.78 is 7.13. The maximum absolute atomic E-state index is 12.2. The van der Waals surface area contributed by atoms with Gasteiger partial charge in [-0.15, -0.1) is 11.3 Å². The number of aromatic nitrogens is 3. The first kappa shape index (κ1) is 16.1. The fourth-order valence-corrected chi connectivity index (χ4v) is 3.32. The summed E-state index contributed by atoms with van der Waals surface area (Å²) in [6.07, 6.45) is 3.64. The number of carbonyl (C=O) groups is 1. The van der Waals surface area contributed by atoms with Gasteiger partial charge in [0.1, 0.15) is 10.7 Å². The van der Waals surface area contributed by atoms with E-state index in [1.54, 1.807) is 16.3 Å². The lowest BCUT2D eigenvalue weighted by Gasteiger charge is -2.33. The van der Waals surface area contributed by atoms with E-state index in [1.165, 1.54) is 11.3 Å². The minimum Gasteiger partial charge on any atom is -0.379 e. The number of aryl methyl sites for hydroxylation is 1. The molecule has 1 fully saturated rings. The first-order chi connectivity index (χ1) is 11.1. The van der Waals surface area contributed by atoms with E-state index < -0.39 is 0 Å². The average molecular weight is 335 g/mol. The molecule has 1 saturated heterocycles. The van der Waals surface area contributed by atoms with Crippen molar-refractivity contribution in [2.45, 2.75) is 13.0 Å². The molecule has 2 aromatic rings. The maximum atomic E-state index is 12.2. The summed E-state index contributed by atoms with van der Waals surface area (Å²) in [5.41, 5.74) is 1.39. The summed E-state index contributed by atoms with van der Waals surface area (Å²) in [5, 5.41) is 9.66. The Hall–Kier alpha value is -1.77. The molecule has 8 heteroatoms. The van der Waals surface area contributed by atoms with Crippen LogP contribution in [0.25, 0.3) is 10.6 Å². The van der Waals surface area contributed by atoms with E-state index in [4.69, 9.17) is 4.74 Å². The van der Waals surface area contributed by atoms with Gasteiger partial charge in [0.2, 0.25) is 0 Å². The van der Waals surface area contributed by atoms with Crippen LogP contribution in [0.3, 0.4) is 0 Å². The van der Waals surface area contributed by atoms with Crippen LogP contribution in [0.4, 0.5) is 0 Å². The third-order valence-corrected chi connectivity index (χ3v) is 4.77. The normalized spacial score (nSPS) is 19.0. The van der Waals surface area contributed by atoms with Gasteiger partial charge in [-0.05, 0) is 6.92 Å². The predicted octanol–water partition coefficient (Wildman–Crippen LogP) is 0.994. The standard InChI is InChI=1S/C15H21N5O2S/c1-11-9-22-6-5-20(11)4-3-16-14(21)13-10-23-15(18-13)12-7-17-19(2)8-12/h7-8,10-11H,3-6,9H2,1-2H3,(H,16,21). The molecule has 1 aliphatic heterocycles. The first-order valence-electron chi connectivity index (χ1n) is 7.68. The molecule has 3 heterocycles. The van der Waals surface area contributed by atoms with E-state index in [2.05, 4.69) is 27.2 Å². The van der Waals surface area contributed by atoms with Gasteiger partial charge in [0.05, 0.1) is 19.4 Å². The largest absolute Gasteiger partial charge is 0.379 e. The maximum Gasteiger partial charge on any atom is 0.270 e. The summed E-state index contributed by atoms with van der Waals surface area (Å²) in [5.74, 6) is -0.127. The summed E-state index contributed by atoms with van der Waals surface area (Å²) >= 11 is 1.45. The number of ether oxygens (including phenoxy) is 1. The zero-order chi connectivity index (χ0) is 16.2. The Morgan fingerprint density at radius 1 is 1.57 bits per heavy atom. The summed E-state index contributed by atoms with van der Waals surface area (Å²) in [4.78, 5) is 18.9. The van der Waals surface area contributed by atoms with Crippen LogP contribution in [-0.2, 0) is 11.8 Å². The highest BCUT2D eigenvalue weighted by Gasteiger charge is 2.18. The fraction of sp³-hybridized carbons (Fsp3) is 0.533. The minimum absolute atomic E-state index is 0.127. The number of rotatable bonds is 5. The van der Waals surface area contributed by atoms with Gasteiger partial charge in [0.25, 0.3) is 5.91 Å². The van der Waals surface area contributed by atoms with Crippen LogP contribution in [0.5, 0.6) is 0 Å². The Morgan fingerprint density at radius 3 is 3.17 bits per heavy atom. The van der Waals surface area contributed by atoms with E-state index in [-0.39, 0.29) is 5.91 Å². The molecule has 1 unspecified atom stereocenters. The van der Waals surface area contributed by atoms with Gasteiger partial charge in [-0.2, -0.15) is 5.10 Å². The SMILES string of the molecule is CC1COCCN1CCNC(=O)c1csc(-c2cnn(C)c2)n1. The summed E-state index contributed by atoms with van der Waals surface area (Å²) in [7, 11) is 1.86. The first-order valence-corrected chi connectivity index (χ1v) is 8.56. The average Bonchev–Trinajstić information content (AvgIpc) is 3.18. The van der Waals surface area contributed by atoms with Crippen LogP contribution in [0, 0.1) is 0 Å². The molecule has 0 spiro atoms. The van der Waals surface area contributed by atoms with Gasteiger partial charge >= 0.3 is 0 Å². The van der Waals surface area contributed by atoms with Crippen molar-refractivity contribution in [1.29, 1.82) is 0 Å². The Labute approximate surface area is 139 Å². The van der Waals surface area contributed by atoms with Crippen LogP contribution >= 0.6 is 11.3 Å². The molecule has 1 atom stereocenters. The topological polar surface area (TPSA) is 72.3 Å². The Bertz CT molecular complexity index is 668. The zero-order valence-corrected chi connectivity index (χ0v) is 14.2. The van der Waals surface area contributed by atoms with E-state index in [0.29, 0.717) is 18.3 Å². The molecule has 23 heavy (non-hydrogen) atoms. The van der Waals surface area contributed by atoms with Gasteiger partial charge in [-0.3, -0.25) is 14.4 Å². The molecule has 7 nitrogen and oxygen atoms in total. The lowest BCUT2D eigenvalue weighted by molar-refractivity contribution is 0.000535. The lowest BCUT2D eigenvalue weighted by Crippen LogP contribution is -2.46. The van der Waals surface area contributed by atoms with Crippen LogP contribution in [0.1, 0.15) is 17.4 Å². The Morgan fingerprint density at radius 2 is 2.43 bits per heavy atom. The Kier molecular flexibility index (Phi) is 5.04. The molecular formula is C15H21N5O2S. The van der Waals surface area contributed by atoms with Crippen molar-refractivity contribution in [3.63, 3.8) is 0 Å². The molecule has 1 N–H and O–H groups in total. The molecule has 0 radical (unpaired) electrons. The predicted molar refractivity (Wildman–Crippen MR) is 88.5 cm³/mol. The molecule has 124 valence electrons. The number of hydrogen-bond donors (Lipinski definition) is 1. The lowest BCUT2D eigenvalue weighted by atomic mass is 10.2. The third kappa shape index (κ3) is 3.95. The smallest absolute Gasteiger partial charge is 0.270 e. The highest BCUT2D eigenvalue weighted by molar-refractivity contribution is 7.13. The zero-order valence-electron chi connectivity index (χ0n) is 13.4. The number of morpholine rings is 1. The summed E-state index contributed by atoms with van der Waals surface area (Å²) in [6.45, 7) is 6.02. The highest BCUT2D eigenvalue weighted by Crippen LogP contribution is 2.22. The van der Waals surface area contributed by atoms with Crippen molar-refractivity contribution >= 4 is 17.2 Å². The number of nitrogens with zero attached hydrogens (tertiary/aromatic N) is 4. The molecule has 0 bridgehead atoms. The molecule has 0 aliphatic carbocycles. The second-order valence-electron chi connectivity index (χ2n) is 5.66. The van der Waals surface area contributed by atoms with Crippen molar-refractivity contribution in [3.05, 3.63) is 23.5 Å². The van der Waals surface area contributed by atoms with Gasteiger partial charge in [-0.25, -0.2) is 4.98 Å². The Balaban J connectivity index is 1.51. The van der Waals surface area contributed by atoms with Crippen molar-refractivity contribution in [2.75, 3.05) is 32.8 Å². The number of thiazole rings is 1. The summed E-state index contributed by atoms with van der Waals surface area (Å²) in [6, 6.07) is 0.400. The fourth-order valence-electron chi connectivity index (χ4n) is 2.54. The van der Waals surface area contributed by atoms with E-state index in [0.717, 1.165) is 36.9 Å². The van der Waals surface area contributed by atoms with Gasteiger partial charge in [0, 0.05) is 49.9 Å². The molecule has 0 saturated carbocycles. The van der Waals surface area contributed by atoms with E-state index >= 15 is 0 Å². The molecule has 1 aliphatic rings. The van der Waals surface area contributed by atoms with Crippen LogP contribution in [0.15, 0.2) is 17.8 Å². The molecule has 0 aromatic carbocycles. The number of amides is 1. The van der Waals surface area contributed by atoms with Crippen molar-refractivity contribution in [2.24, 2.45) is 7.05 Å². The number of hydrogen-bond acceptors (Lipinski definition) is 6. The van der Waals surface area contributed by atoms with Gasteiger partial charge < -0.3 is 10.1 Å². The van der Waals surface area contributed by atoms with Crippen LogP contribution < -0.4 is 5.32 Å². The van der Waals surface area contributed by atoms with Crippen LogP contribution in [0.2, 0.25) is 0 Å². The van der Waals surface area contributed by atoms with Gasteiger partial charge in [0.15, 0.2) is 0 Å². The van der Waals surface area contributed by atoms with E-state index in [9.17, 15) is 4.79 Å². The third-order valence-electron chi connectivity index (χ3n) is 3.88. The molecule has 1 amide bonds. The van der Waals surface area contributed by atoms with E-state index in [1.807, 2.05) is 13.2 Å². The van der Waals surface area contributed by atoms with Crippen molar-refractivity contribution in [3.8, 4) is 10.6 Å². The second kappa shape index (κ2) is 7.20. The van der Waals surface area contributed by atoms with Gasteiger partial charge in [-0.1, -0.05) is 0 Å². The number of carbonyl (C=O) groups excluding carboxylic acids is 1. The quantitative estimate of drug-likeness (QED) is 0.882. The number of nitrogens with one attached hydrogen (secondary N) is 1. The minimum atomic E-state index is -0.127. The monoisotopic (exact) mass is 335 g/mol. The van der Waals surface area contributed by atoms with Crippen molar-refractivity contribution < 1.29 is 9.53 Å². The molecule has 2 aromatic heterocycles. The second-order valence-corrected chi connectivity index (χ2v) is 6.51. The highest BCUT2D eigenvalue weighted by atomic mass is 32.1. The van der Waals surface area contributed by atoms with Crippen molar-refractivity contribution in [1.82, 2.24) is 25.0 Å². The molecular weight excluding hydrogens is 314 g/mol.